The summed E-state index contributed by atoms with van der Waals surface area (Å²) in [5.74, 6) is 0. The minimum Gasteiger partial charge on any atom is -0.445 e. The van der Waals surface area contributed by atoms with E-state index in [0.717, 1.165) is 33.4 Å². The first-order chi connectivity index (χ1) is 36.2. The molecule has 2 aliphatic heterocycles. The zero-order valence-corrected chi connectivity index (χ0v) is 43.3. The van der Waals surface area contributed by atoms with E-state index in [0.29, 0.717) is 0 Å². The van der Waals surface area contributed by atoms with Gasteiger partial charge in [-0.1, -0.05) is 217 Å². The Kier molecular flexibility index (Phi) is 21.5. The Labute approximate surface area is 448 Å². The normalized spacial score (nSPS) is 24.0. The molecule has 13 nitrogen and oxygen atoms in total. The molecular formula is C58H62Cl3NO12. The smallest absolute Gasteiger partial charge is 0.407 e. The van der Waals surface area contributed by atoms with Crippen LogP contribution in [0.1, 0.15) is 33.4 Å². The van der Waals surface area contributed by atoms with Crippen molar-refractivity contribution in [1.82, 2.24) is 5.32 Å². The maximum Gasteiger partial charge on any atom is 0.407 e. The van der Waals surface area contributed by atoms with Gasteiger partial charge < -0.3 is 57.4 Å². The monoisotopic (exact) mass is 1070 g/mol. The predicted molar refractivity (Wildman–Crippen MR) is 280 cm³/mol. The quantitative estimate of drug-likeness (QED) is 0.0548. The van der Waals surface area contributed by atoms with E-state index in [4.69, 9.17) is 86.9 Å². The summed E-state index contributed by atoms with van der Waals surface area (Å²) >= 11 is 18.2. The number of amides is 1. The number of carbonyl (C=O) groups is 1. The molecule has 0 aliphatic carbocycles. The molecule has 2 fully saturated rings. The molecule has 6 aromatic rings. The topological polar surface area (TPSA) is 131 Å². The number of hydrogen-bond donors (Lipinski definition) is 1. The largest absolute Gasteiger partial charge is 0.445 e. The third-order valence-electron chi connectivity index (χ3n) is 12.4. The Balaban J connectivity index is 1.14. The number of methoxy groups -OCH3 is 1. The first-order valence-corrected chi connectivity index (χ1v) is 25.7. The molecule has 0 aromatic heterocycles. The average molecular weight is 1070 g/mol. The molecule has 1 N–H and O–H groups in total. The zero-order chi connectivity index (χ0) is 51.4. The van der Waals surface area contributed by atoms with Gasteiger partial charge in [0.05, 0.1) is 52.9 Å². The van der Waals surface area contributed by atoms with Crippen molar-refractivity contribution in [3.63, 3.8) is 0 Å². The van der Waals surface area contributed by atoms with E-state index < -0.39 is 77.8 Å². The lowest BCUT2D eigenvalue weighted by molar-refractivity contribution is -0.337. The second-order valence-electron chi connectivity index (χ2n) is 17.8. The second-order valence-corrected chi connectivity index (χ2v) is 20.3. The summed E-state index contributed by atoms with van der Waals surface area (Å²) in [5.41, 5.74) is 5.57. The Bertz CT molecular complexity index is 2500. The number of carbonyl (C=O) groups excluding carboxylic acids is 1. The Hall–Kier alpha value is -4.94. The molecule has 0 bridgehead atoms. The van der Waals surface area contributed by atoms with Crippen molar-refractivity contribution in [3.05, 3.63) is 215 Å². The van der Waals surface area contributed by atoms with Crippen molar-refractivity contribution >= 4 is 40.9 Å². The highest BCUT2D eigenvalue weighted by Gasteiger charge is 2.52. The molecule has 6 aromatic carbocycles. The molecule has 74 heavy (non-hydrogen) atoms. The van der Waals surface area contributed by atoms with Crippen LogP contribution in [0.15, 0.2) is 182 Å². The fraction of sp³-hybridized carbons (Fsp3) is 0.362. The van der Waals surface area contributed by atoms with E-state index in [-0.39, 0.29) is 52.9 Å². The summed E-state index contributed by atoms with van der Waals surface area (Å²) in [7, 11) is 1.55. The van der Waals surface area contributed by atoms with Crippen molar-refractivity contribution < 1.29 is 56.9 Å². The molecule has 8 rings (SSSR count). The van der Waals surface area contributed by atoms with Crippen LogP contribution in [0.2, 0.25) is 0 Å². The van der Waals surface area contributed by atoms with Gasteiger partial charge in [-0.05, 0) is 33.4 Å². The van der Waals surface area contributed by atoms with Crippen molar-refractivity contribution in [2.24, 2.45) is 0 Å². The lowest BCUT2D eigenvalue weighted by atomic mass is 9.95. The van der Waals surface area contributed by atoms with Crippen LogP contribution in [0.5, 0.6) is 0 Å². The molecule has 0 spiro atoms. The lowest BCUT2D eigenvalue weighted by Gasteiger charge is -2.48. The van der Waals surface area contributed by atoms with Crippen LogP contribution in [0.3, 0.4) is 0 Å². The van der Waals surface area contributed by atoms with Crippen LogP contribution in [0.25, 0.3) is 0 Å². The molecule has 2 heterocycles. The van der Waals surface area contributed by atoms with Crippen LogP contribution in [0.4, 0.5) is 4.79 Å². The van der Waals surface area contributed by atoms with Crippen LogP contribution in [-0.4, -0.2) is 98.2 Å². The van der Waals surface area contributed by atoms with Gasteiger partial charge >= 0.3 is 6.09 Å². The van der Waals surface area contributed by atoms with E-state index in [1.807, 2.05) is 182 Å². The highest BCUT2D eigenvalue weighted by atomic mass is 35.6. The lowest BCUT2D eigenvalue weighted by Crippen LogP contribution is -2.67. The van der Waals surface area contributed by atoms with Gasteiger partial charge in [0, 0.05) is 7.11 Å². The Morgan fingerprint density at radius 2 is 0.797 bits per heavy atom. The number of nitrogens with one attached hydrogen (secondary N) is 1. The SMILES string of the molecule is CO[C@H]1O[C@H](CO[C@H]2O[C@H](COCc3ccccc3)[C@@H](OCc3ccccc3)[C@H](OCc3ccccc3)[C@H]2NC(=O)OCC(Cl)(Cl)Cl)[C@@H](OCc2ccccc2)[C@H](OCc2ccccc2)[C@H]1OCc1ccccc1. The first kappa shape index (κ1) is 55.3. The fourth-order valence-corrected chi connectivity index (χ4v) is 8.88. The second kappa shape index (κ2) is 28.8. The van der Waals surface area contributed by atoms with Crippen molar-refractivity contribution in [2.75, 3.05) is 26.9 Å². The maximum absolute atomic E-state index is 13.9. The number of halogens is 3. The molecule has 0 radical (unpaired) electrons. The van der Waals surface area contributed by atoms with Crippen LogP contribution in [0, 0.1) is 0 Å². The van der Waals surface area contributed by atoms with Gasteiger partial charge in [-0.25, -0.2) is 4.79 Å². The summed E-state index contributed by atoms with van der Waals surface area (Å²) in [5, 5.41) is 2.94. The highest BCUT2D eigenvalue weighted by Crippen LogP contribution is 2.34. The van der Waals surface area contributed by atoms with Gasteiger partial charge in [-0.3, -0.25) is 0 Å². The van der Waals surface area contributed by atoms with Crippen molar-refractivity contribution in [1.29, 1.82) is 0 Å². The average Bonchev–Trinajstić information content (AvgIpc) is 3.43. The number of alkyl halides is 3. The molecule has 10 atom stereocenters. The van der Waals surface area contributed by atoms with Crippen LogP contribution in [-0.2, 0) is 91.7 Å². The summed E-state index contributed by atoms with van der Waals surface area (Å²) in [4.78, 5) is 13.9. The third-order valence-corrected chi connectivity index (χ3v) is 12.7. The van der Waals surface area contributed by atoms with Gasteiger partial charge in [-0.15, -0.1) is 0 Å². The molecule has 0 unspecified atom stereocenters. The zero-order valence-electron chi connectivity index (χ0n) is 41.0. The van der Waals surface area contributed by atoms with E-state index in [1.54, 1.807) is 7.11 Å². The van der Waals surface area contributed by atoms with E-state index >= 15 is 0 Å². The van der Waals surface area contributed by atoms with Gasteiger partial charge in [-0.2, -0.15) is 0 Å². The van der Waals surface area contributed by atoms with E-state index in [1.165, 1.54) is 0 Å². The standard InChI is InChI=1S/C58H62Cl3NO12/c1-64-56-54(70-37-46-30-18-7-19-31-46)53(69-36-45-28-16-6-17-29-45)51(67-34-43-24-12-4-13-25-43)48(74-56)39-71-55-49(62-57(63)72-40-58(59,60)61)52(68-35-44-26-14-5-15-27-44)50(66-33-42-22-10-3-11-23-42)47(73-55)38-65-32-41-20-8-2-9-21-41/h2-31,47-56H,32-40H2,1H3,(H,62,63)/t47-,48-,49-,50-,51-,52-,53+,54-,55+,56+/m1/s1. The van der Waals surface area contributed by atoms with Gasteiger partial charge in [0.15, 0.2) is 12.6 Å². The van der Waals surface area contributed by atoms with Crippen LogP contribution >= 0.6 is 34.8 Å². The third kappa shape index (κ3) is 17.0. The first-order valence-electron chi connectivity index (χ1n) is 24.5. The number of benzene rings is 6. The van der Waals surface area contributed by atoms with Crippen molar-refractivity contribution in [3.8, 4) is 0 Å². The van der Waals surface area contributed by atoms with Crippen molar-refractivity contribution in [2.45, 2.75) is 105 Å². The molecule has 392 valence electrons. The summed E-state index contributed by atoms with van der Waals surface area (Å²) < 4.78 is 70.7. The predicted octanol–water partition coefficient (Wildman–Crippen LogP) is 10.7. The summed E-state index contributed by atoms with van der Waals surface area (Å²) in [6, 6.07) is 57.6. The number of ether oxygens (including phenoxy) is 11. The molecular weight excluding hydrogens is 1010 g/mol. The van der Waals surface area contributed by atoms with Gasteiger partial charge in [0.25, 0.3) is 0 Å². The number of hydrogen-bond acceptors (Lipinski definition) is 12. The number of rotatable bonds is 25. The van der Waals surface area contributed by atoms with Gasteiger partial charge in [0.2, 0.25) is 3.79 Å². The Morgan fingerprint density at radius 3 is 1.22 bits per heavy atom. The number of alkyl carbamates (subject to hydrolysis) is 1. The minimum atomic E-state index is -1.89. The summed E-state index contributed by atoms with van der Waals surface area (Å²) in [6.07, 6.45) is -8.95. The molecule has 2 aliphatic rings. The summed E-state index contributed by atoms with van der Waals surface area (Å²) in [6.45, 7) is 0.608. The Morgan fingerprint density at radius 1 is 0.446 bits per heavy atom. The van der Waals surface area contributed by atoms with Crippen LogP contribution < -0.4 is 5.32 Å². The molecule has 0 saturated carbocycles. The fourth-order valence-electron chi connectivity index (χ4n) is 8.72. The van der Waals surface area contributed by atoms with E-state index in [2.05, 4.69) is 5.32 Å². The molecule has 1 amide bonds. The highest BCUT2D eigenvalue weighted by molar-refractivity contribution is 6.67. The minimum absolute atomic E-state index is 0.0498. The molecule has 2 saturated heterocycles. The molecule has 16 heteroatoms. The van der Waals surface area contributed by atoms with E-state index in [9.17, 15) is 4.79 Å². The maximum atomic E-state index is 13.9. The van der Waals surface area contributed by atoms with Gasteiger partial charge in [0.1, 0.15) is 55.4 Å².